The fraction of sp³-hybridized carbons (Fsp3) is 0.286. The molecular weight excluding hydrogens is 274 g/mol. The molecular formula is C7H6BrNO4S. The van der Waals surface area contributed by atoms with Gasteiger partial charge in [-0.2, -0.15) is 0 Å². The van der Waals surface area contributed by atoms with E-state index in [4.69, 9.17) is 4.74 Å². The van der Waals surface area contributed by atoms with Gasteiger partial charge in [0.15, 0.2) is 0 Å². The van der Waals surface area contributed by atoms with E-state index < -0.39 is 10.9 Å². The Morgan fingerprint density at radius 2 is 2.43 bits per heavy atom. The van der Waals surface area contributed by atoms with Crippen LogP contribution in [0.2, 0.25) is 0 Å². The van der Waals surface area contributed by atoms with E-state index in [0.717, 1.165) is 11.3 Å². The topological polar surface area (TPSA) is 69.4 Å². The summed E-state index contributed by atoms with van der Waals surface area (Å²) in [5.41, 5.74) is 0.198. The molecule has 0 aliphatic heterocycles. The molecule has 0 N–H and O–H groups in total. The van der Waals surface area contributed by atoms with Crippen LogP contribution in [0.1, 0.15) is 17.3 Å². The Labute approximate surface area is 92.0 Å². The molecule has 14 heavy (non-hydrogen) atoms. The molecule has 0 aliphatic rings. The van der Waals surface area contributed by atoms with Crippen molar-refractivity contribution in [3.05, 3.63) is 25.5 Å². The van der Waals surface area contributed by atoms with Crippen molar-refractivity contribution in [3.8, 4) is 0 Å². The third kappa shape index (κ3) is 2.30. The van der Waals surface area contributed by atoms with Gasteiger partial charge >= 0.3 is 11.0 Å². The van der Waals surface area contributed by atoms with Crippen molar-refractivity contribution in [1.29, 1.82) is 0 Å². The van der Waals surface area contributed by atoms with Crippen LogP contribution in [0.4, 0.5) is 5.00 Å². The van der Waals surface area contributed by atoms with Crippen LogP contribution in [0, 0.1) is 10.1 Å². The summed E-state index contributed by atoms with van der Waals surface area (Å²) in [6.07, 6.45) is 0. The molecule has 0 aromatic carbocycles. The Hall–Kier alpha value is -0.950. The van der Waals surface area contributed by atoms with E-state index in [9.17, 15) is 14.9 Å². The van der Waals surface area contributed by atoms with Crippen LogP contribution in [0.3, 0.4) is 0 Å². The van der Waals surface area contributed by atoms with E-state index in [0.29, 0.717) is 3.79 Å². The summed E-state index contributed by atoms with van der Waals surface area (Å²) in [6.45, 7) is 1.92. The minimum atomic E-state index is -0.552. The van der Waals surface area contributed by atoms with Crippen molar-refractivity contribution in [3.63, 3.8) is 0 Å². The number of nitro groups is 1. The highest BCUT2D eigenvalue weighted by atomic mass is 79.9. The molecule has 0 atom stereocenters. The van der Waals surface area contributed by atoms with Crippen molar-refractivity contribution in [1.82, 2.24) is 0 Å². The summed E-state index contributed by atoms with van der Waals surface area (Å²) in [5.74, 6) is -0.552. The molecule has 1 rings (SSSR count). The molecule has 0 saturated heterocycles. The van der Waals surface area contributed by atoms with E-state index in [1.54, 1.807) is 6.92 Å². The van der Waals surface area contributed by atoms with Crippen molar-refractivity contribution in [2.75, 3.05) is 6.61 Å². The van der Waals surface area contributed by atoms with Gasteiger partial charge in [-0.1, -0.05) is 11.3 Å². The van der Waals surface area contributed by atoms with Crippen LogP contribution in [0.25, 0.3) is 0 Å². The monoisotopic (exact) mass is 279 g/mol. The number of halogens is 1. The highest BCUT2D eigenvalue weighted by molar-refractivity contribution is 9.11. The molecule has 0 fully saturated rings. The maximum atomic E-state index is 11.2. The Bertz CT molecular complexity index is 376. The minimum absolute atomic E-state index is 0.0834. The van der Waals surface area contributed by atoms with Gasteiger partial charge in [0.25, 0.3) is 0 Å². The fourth-order valence-electron chi connectivity index (χ4n) is 0.794. The van der Waals surface area contributed by atoms with Gasteiger partial charge < -0.3 is 4.74 Å². The molecule has 7 heteroatoms. The molecule has 0 amide bonds. The molecule has 1 aromatic rings. The predicted octanol–water partition coefficient (Wildman–Crippen LogP) is 2.60. The van der Waals surface area contributed by atoms with Crippen LogP contribution in [-0.2, 0) is 4.74 Å². The van der Waals surface area contributed by atoms with Gasteiger partial charge in [0.05, 0.1) is 20.9 Å². The first-order valence-corrected chi connectivity index (χ1v) is 5.28. The number of ether oxygens (including phenoxy) is 1. The highest BCUT2D eigenvalue weighted by Crippen LogP contribution is 2.33. The maximum Gasteiger partial charge on any atom is 0.340 e. The van der Waals surface area contributed by atoms with E-state index >= 15 is 0 Å². The largest absolute Gasteiger partial charge is 0.462 e. The first-order chi connectivity index (χ1) is 6.56. The second kappa shape index (κ2) is 4.52. The number of carbonyl (C=O) groups excluding carboxylic acids is 1. The summed E-state index contributed by atoms with van der Waals surface area (Å²) in [4.78, 5) is 21.1. The number of thiophene rings is 1. The van der Waals surface area contributed by atoms with Gasteiger partial charge in [-0.05, 0) is 22.9 Å². The number of rotatable bonds is 3. The summed E-state index contributed by atoms with van der Waals surface area (Å²) in [7, 11) is 0. The van der Waals surface area contributed by atoms with E-state index in [2.05, 4.69) is 15.9 Å². The number of nitrogens with zero attached hydrogens (tertiary/aromatic N) is 1. The molecule has 1 aromatic heterocycles. The SMILES string of the molecule is CCOC(=O)c1cc([N+](=O)[O-])sc1Br. The molecule has 76 valence electrons. The maximum absolute atomic E-state index is 11.2. The first-order valence-electron chi connectivity index (χ1n) is 3.67. The summed E-state index contributed by atoms with van der Waals surface area (Å²) >= 11 is 3.96. The average molecular weight is 280 g/mol. The van der Waals surface area contributed by atoms with Gasteiger partial charge in [-0.3, -0.25) is 10.1 Å². The van der Waals surface area contributed by atoms with E-state index in [1.165, 1.54) is 6.07 Å². The number of esters is 1. The van der Waals surface area contributed by atoms with Gasteiger partial charge in [0.1, 0.15) is 0 Å². The van der Waals surface area contributed by atoms with Gasteiger partial charge in [0.2, 0.25) is 0 Å². The normalized spacial score (nSPS) is 9.86. The standard InChI is InChI=1S/C7H6BrNO4S/c1-2-13-7(10)4-3-5(9(11)12)14-6(4)8/h3H,2H2,1H3. The van der Waals surface area contributed by atoms with Crippen molar-refractivity contribution in [2.24, 2.45) is 0 Å². The summed E-state index contributed by atoms with van der Waals surface area (Å²) in [5, 5.41) is 10.3. The van der Waals surface area contributed by atoms with E-state index in [-0.39, 0.29) is 17.2 Å². The quantitative estimate of drug-likeness (QED) is 0.484. The molecule has 0 aliphatic carbocycles. The van der Waals surface area contributed by atoms with Crippen molar-refractivity contribution >= 4 is 38.2 Å². The zero-order chi connectivity index (χ0) is 10.7. The third-order valence-corrected chi connectivity index (χ3v) is 3.14. The molecule has 0 radical (unpaired) electrons. The minimum Gasteiger partial charge on any atom is -0.462 e. The molecule has 1 heterocycles. The third-order valence-electron chi connectivity index (χ3n) is 1.35. The van der Waals surface area contributed by atoms with Crippen LogP contribution in [0.15, 0.2) is 9.85 Å². The van der Waals surface area contributed by atoms with E-state index in [1.807, 2.05) is 0 Å². The lowest BCUT2D eigenvalue weighted by molar-refractivity contribution is -0.380. The number of hydrogen-bond donors (Lipinski definition) is 0. The lowest BCUT2D eigenvalue weighted by atomic mass is 10.3. The molecule has 0 unspecified atom stereocenters. The lowest BCUT2D eigenvalue weighted by Crippen LogP contribution is -2.03. The lowest BCUT2D eigenvalue weighted by Gasteiger charge is -1.97. The zero-order valence-electron chi connectivity index (χ0n) is 7.15. The van der Waals surface area contributed by atoms with Crippen molar-refractivity contribution < 1.29 is 14.5 Å². The van der Waals surface area contributed by atoms with Crippen molar-refractivity contribution in [2.45, 2.75) is 6.92 Å². The Morgan fingerprint density at radius 3 is 2.86 bits per heavy atom. The Kier molecular flexibility index (Phi) is 3.59. The Balaban J connectivity index is 2.98. The van der Waals surface area contributed by atoms with Gasteiger partial charge in [0, 0.05) is 6.07 Å². The molecule has 5 nitrogen and oxygen atoms in total. The Morgan fingerprint density at radius 1 is 1.79 bits per heavy atom. The fourth-order valence-corrected chi connectivity index (χ4v) is 2.26. The zero-order valence-corrected chi connectivity index (χ0v) is 9.55. The highest BCUT2D eigenvalue weighted by Gasteiger charge is 2.20. The summed E-state index contributed by atoms with van der Waals surface area (Å²) in [6, 6.07) is 1.20. The van der Waals surface area contributed by atoms with Crippen LogP contribution < -0.4 is 0 Å². The smallest absolute Gasteiger partial charge is 0.340 e. The van der Waals surface area contributed by atoms with Crippen LogP contribution in [-0.4, -0.2) is 17.5 Å². The molecule has 0 bridgehead atoms. The molecule has 0 spiro atoms. The van der Waals surface area contributed by atoms with Crippen LogP contribution >= 0.6 is 27.3 Å². The molecule has 0 saturated carbocycles. The van der Waals surface area contributed by atoms with Crippen LogP contribution in [0.5, 0.6) is 0 Å². The second-order valence-corrected chi connectivity index (χ2v) is 4.60. The number of hydrogen-bond acceptors (Lipinski definition) is 5. The number of carbonyl (C=O) groups is 1. The summed E-state index contributed by atoms with van der Waals surface area (Å²) < 4.78 is 5.14. The first kappa shape index (κ1) is 11.1. The average Bonchev–Trinajstić information content (AvgIpc) is 2.48. The van der Waals surface area contributed by atoms with Gasteiger partial charge in [-0.25, -0.2) is 4.79 Å². The van der Waals surface area contributed by atoms with Gasteiger partial charge in [-0.15, -0.1) is 0 Å². The second-order valence-electron chi connectivity index (χ2n) is 2.25. The predicted molar refractivity (Wildman–Crippen MR) is 54.6 cm³/mol.